The number of anilines is 1. The van der Waals surface area contributed by atoms with Gasteiger partial charge in [-0.15, -0.1) is 0 Å². The molecular weight excluding hydrogens is 364 g/mol. The molecule has 0 fully saturated rings. The van der Waals surface area contributed by atoms with E-state index in [0.717, 1.165) is 17.2 Å². The lowest BCUT2D eigenvalue weighted by molar-refractivity contribution is -0.113. The van der Waals surface area contributed by atoms with Crippen LogP contribution in [0.2, 0.25) is 0 Å². The van der Waals surface area contributed by atoms with Crippen LogP contribution in [0, 0.1) is 0 Å². The van der Waals surface area contributed by atoms with Crippen molar-refractivity contribution in [1.29, 1.82) is 0 Å². The van der Waals surface area contributed by atoms with Crippen LogP contribution in [0.25, 0.3) is 11.1 Å². The van der Waals surface area contributed by atoms with E-state index < -0.39 is 17.6 Å². The van der Waals surface area contributed by atoms with Gasteiger partial charge in [0.25, 0.3) is 5.91 Å². The Morgan fingerprint density at radius 1 is 1.04 bits per heavy atom. The Labute approximate surface area is 161 Å². The molecule has 0 saturated carbocycles. The molecule has 0 spiro atoms. The molecule has 1 aliphatic carbocycles. The number of allylic oxidation sites excluding steroid dienone is 5. The van der Waals surface area contributed by atoms with Gasteiger partial charge in [0.1, 0.15) is 17.3 Å². The van der Waals surface area contributed by atoms with Crippen molar-refractivity contribution < 1.29 is 23.0 Å². The maximum Gasteiger partial charge on any atom is 0.252 e. The third-order valence-corrected chi connectivity index (χ3v) is 4.30. The van der Waals surface area contributed by atoms with Gasteiger partial charge in [-0.3, -0.25) is 4.79 Å². The summed E-state index contributed by atoms with van der Waals surface area (Å²) in [6, 6.07) is 12.6. The largest absolute Gasteiger partial charge is 0.497 e. The van der Waals surface area contributed by atoms with Gasteiger partial charge < -0.3 is 14.8 Å². The van der Waals surface area contributed by atoms with Gasteiger partial charge in [0.2, 0.25) is 0 Å². The van der Waals surface area contributed by atoms with E-state index >= 15 is 0 Å². The fourth-order valence-electron chi connectivity index (χ4n) is 2.79. The molecule has 0 aliphatic heterocycles. The molecule has 3 rings (SSSR count). The van der Waals surface area contributed by atoms with Crippen LogP contribution < -0.4 is 14.8 Å². The molecule has 1 amide bonds. The minimum absolute atomic E-state index is 0.139. The Morgan fingerprint density at radius 3 is 2.46 bits per heavy atom. The van der Waals surface area contributed by atoms with Crippen molar-refractivity contribution in [2.75, 3.05) is 19.5 Å². The predicted octanol–water partition coefficient (Wildman–Crippen LogP) is 5.35. The Bertz CT molecular complexity index is 976. The van der Waals surface area contributed by atoms with E-state index in [1.54, 1.807) is 26.4 Å². The molecular formula is C22H19F2NO3. The van der Waals surface area contributed by atoms with E-state index in [1.807, 2.05) is 30.3 Å². The number of benzene rings is 2. The van der Waals surface area contributed by atoms with E-state index in [-0.39, 0.29) is 12.0 Å². The first-order chi connectivity index (χ1) is 13.5. The van der Waals surface area contributed by atoms with Crippen molar-refractivity contribution in [3.8, 4) is 22.6 Å². The fourth-order valence-corrected chi connectivity index (χ4v) is 2.79. The highest BCUT2D eigenvalue weighted by atomic mass is 19.2. The topological polar surface area (TPSA) is 47.6 Å². The molecule has 2 aromatic carbocycles. The molecule has 0 aromatic heterocycles. The van der Waals surface area contributed by atoms with Crippen molar-refractivity contribution >= 4 is 11.6 Å². The maximum atomic E-state index is 13.6. The van der Waals surface area contributed by atoms with Crippen LogP contribution in [-0.4, -0.2) is 20.1 Å². The fraction of sp³-hybridized carbons (Fsp3) is 0.136. The number of ether oxygens (including phenoxy) is 2. The number of nitrogens with one attached hydrogen (secondary N) is 1. The molecule has 1 N–H and O–H groups in total. The molecule has 4 nitrogen and oxygen atoms in total. The standard InChI is InChI=1S/C22H19F2NO3/c1-27-17-10-11-21(28-2)18(13-17)14-6-8-16(9-7-14)25-22(26)15-4-3-5-19(23)20(24)12-15/h3-11,13H,12H2,1-2H3,(H,25,26). The molecule has 144 valence electrons. The van der Waals surface area contributed by atoms with Crippen LogP contribution in [0.1, 0.15) is 6.42 Å². The van der Waals surface area contributed by atoms with Gasteiger partial charge in [0, 0.05) is 23.2 Å². The molecule has 6 heteroatoms. The smallest absolute Gasteiger partial charge is 0.252 e. The van der Waals surface area contributed by atoms with Gasteiger partial charge in [0.05, 0.1) is 14.2 Å². The highest BCUT2D eigenvalue weighted by Crippen LogP contribution is 2.34. The third-order valence-electron chi connectivity index (χ3n) is 4.30. The SMILES string of the molecule is COc1ccc(OC)c(-c2ccc(NC(=O)C3=CC=CC(F)=C(F)C3)cc2)c1. The zero-order valence-electron chi connectivity index (χ0n) is 15.5. The number of methoxy groups -OCH3 is 2. The van der Waals surface area contributed by atoms with Crippen LogP contribution in [0.3, 0.4) is 0 Å². The average Bonchev–Trinajstić information content (AvgIpc) is 2.89. The highest BCUT2D eigenvalue weighted by molar-refractivity contribution is 6.04. The van der Waals surface area contributed by atoms with E-state index in [1.165, 1.54) is 12.2 Å². The zero-order chi connectivity index (χ0) is 20.1. The number of carbonyl (C=O) groups excluding carboxylic acids is 1. The average molecular weight is 383 g/mol. The number of halogens is 2. The second-order valence-electron chi connectivity index (χ2n) is 6.08. The van der Waals surface area contributed by atoms with E-state index in [2.05, 4.69) is 5.32 Å². The third kappa shape index (κ3) is 4.28. The van der Waals surface area contributed by atoms with Crippen molar-refractivity contribution in [2.24, 2.45) is 0 Å². The normalized spacial score (nSPS) is 13.6. The molecule has 0 saturated heterocycles. The predicted molar refractivity (Wildman–Crippen MR) is 105 cm³/mol. The molecule has 0 bridgehead atoms. The summed E-state index contributed by atoms with van der Waals surface area (Å²) in [4.78, 5) is 12.3. The minimum Gasteiger partial charge on any atom is -0.497 e. The Kier molecular flexibility index (Phi) is 5.89. The van der Waals surface area contributed by atoms with Crippen molar-refractivity contribution in [1.82, 2.24) is 0 Å². The van der Waals surface area contributed by atoms with Crippen molar-refractivity contribution in [3.63, 3.8) is 0 Å². The van der Waals surface area contributed by atoms with Crippen LogP contribution in [0.4, 0.5) is 14.5 Å². The summed E-state index contributed by atoms with van der Waals surface area (Å²) in [6.07, 6.45) is 3.32. The first kappa shape index (κ1) is 19.4. The molecule has 1 aliphatic rings. The number of rotatable bonds is 5. The summed E-state index contributed by atoms with van der Waals surface area (Å²) in [5, 5.41) is 2.70. The first-order valence-electron chi connectivity index (χ1n) is 8.57. The van der Waals surface area contributed by atoms with Crippen molar-refractivity contribution in [3.05, 3.63) is 77.9 Å². The quantitative estimate of drug-likeness (QED) is 0.758. The van der Waals surface area contributed by atoms with Crippen LogP contribution >= 0.6 is 0 Å². The van der Waals surface area contributed by atoms with Gasteiger partial charge in [-0.1, -0.05) is 24.3 Å². The lowest BCUT2D eigenvalue weighted by Gasteiger charge is -2.12. The van der Waals surface area contributed by atoms with E-state index in [9.17, 15) is 13.6 Å². The molecule has 2 aromatic rings. The van der Waals surface area contributed by atoms with E-state index in [0.29, 0.717) is 17.2 Å². The number of carbonyl (C=O) groups is 1. The zero-order valence-corrected chi connectivity index (χ0v) is 15.5. The second kappa shape index (κ2) is 8.52. The summed E-state index contributed by atoms with van der Waals surface area (Å²) >= 11 is 0. The number of hydrogen-bond donors (Lipinski definition) is 1. The summed E-state index contributed by atoms with van der Waals surface area (Å²) in [7, 11) is 3.18. The van der Waals surface area contributed by atoms with Gasteiger partial charge in [-0.25, -0.2) is 8.78 Å². The van der Waals surface area contributed by atoms with Gasteiger partial charge in [-0.05, 0) is 42.0 Å². The van der Waals surface area contributed by atoms with Crippen LogP contribution in [0.15, 0.2) is 77.9 Å². The Balaban J connectivity index is 1.78. The minimum atomic E-state index is -0.962. The van der Waals surface area contributed by atoms with Crippen LogP contribution in [-0.2, 0) is 4.79 Å². The van der Waals surface area contributed by atoms with Gasteiger partial charge in [-0.2, -0.15) is 0 Å². The van der Waals surface area contributed by atoms with Gasteiger partial charge >= 0.3 is 0 Å². The maximum absolute atomic E-state index is 13.6. The lowest BCUT2D eigenvalue weighted by atomic mass is 10.0. The summed E-state index contributed by atoms with van der Waals surface area (Å²) in [5.41, 5.74) is 2.40. The lowest BCUT2D eigenvalue weighted by Crippen LogP contribution is -2.14. The highest BCUT2D eigenvalue weighted by Gasteiger charge is 2.16. The molecule has 28 heavy (non-hydrogen) atoms. The molecule has 0 radical (unpaired) electrons. The van der Waals surface area contributed by atoms with Gasteiger partial charge in [0.15, 0.2) is 5.83 Å². The van der Waals surface area contributed by atoms with Crippen molar-refractivity contribution in [2.45, 2.75) is 6.42 Å². The monoisotopic (exact) mass is 383 g/mol. The summed E-state index contributed by atoms with van der Waals surface area (Å²) in [5.74, 6) is -1.02. The van der Waals surface area contributed by atoms with E-state index in [4.69, 9.17) is 9.47 Å². The Morgan fingerprint density at radius 2 is 1.79 bits per heavy atom. The number of hydrogen-bond acceptors (Lipinski definition) is 3. The molecule has 0 atom stereocenters. The summed E-state index contributed by atoms with van der Waals surface area (Å²) in [6.45, 7) is 0. The Hall–Kier alpha value is -3.41. The first-order valence-corrected chi connectivity index (χ1v) is 8.57. The molecule has 0 unspecified atom stereocenters. The van der Waals surface area contributed by atoms with Crippen LogP contribution in [0.5, 0.6) is 11.5 Å². The summed E-state index contributed by atoms with van der Waals surface area (Å²) < 4.78 is 37.5. The number of amides is 1. The second-order valence-corrected chi connectivity index (χ2v) is 6.08. The molecule has 0 heterocycles.